The summed E-state index contributed by atoms with van der Waals surface area (Å²) in [7, 11) is -3.53. The number of nitrogens with one attached hydrogen (secondary N) is 1. The molecule has 0 spiro atoms. The van der Waals surface area contributed by atoms with E-state index in [-0.39, 0.29) is 23.7 Å². The summed E-state index contributed by atoms with van der Waals surface area (Å²) < 4.78 is 26.0. The molecule has 7 heteroatoms. The van der Waals surface area contributed by atoms with Crippen LogP contribution in [0.25, 0.3) is 0 Å². The van der Waals surface area contributed by atoms with Crippen LogP contribution in [0.5, 0.6) is 0 Å². The Morgan fingerprint density at radius 2 is 2.24 bits per heavy atom. The van der Waals surface area contributed by atoms with E-state index in [2.05, 4.69) is 9.88 Å². The summed E-state index contributed by atoms with van der Waals surface area (Å²) in [4.78, 5) is 0.206. The van der Waals surface area contributed by atoms with Crippen molar-refractivity contribution in [3.05, 3.63) is 29.8 Å². The number of nitrogens with two attached hydrogens (primary N) is 1. The topological polar surface area (TPSA) is 105 Å². The fraction of sp³-hybridized carbons (Fsp3) is 0.300. The smallest absolute Gasteiger partial charge is 0.240 e. The minimum absolute atomic E-state index is 0.0167. The summed E-state index contributed by atoms with van der Waals surface area (Å²) in [6.45, 7) is 1.90. The van der Waals surface area contributed by atoms with Crippen LogP contribution >= 0.6 is 0 Å². The van der Waals surface area contributed by atoms with E-state index >= 15 is 0 Å². The van der Waals surface area contributed by atoms with Crippen LogP contribution in [0, 0.1) is 6.92 Å². The minimum atomic E-state index is -3.53. The van der Waals surface area contributed by atoms with E-state index in [1.807, 2.05) is 13.0 Å². The van der Waals surface area contributed by atoms with Crippen LogP contribution in [0.2, 0.25) is 0 Å². The molecule has 0 heterocycles. The highest BCUT2D eigenvalue weighted by Gasteiger charge is 2.13. The number of oxime groups is 1. The average Bonchev–Trinajstić information content (AvgIpc) is 2.28. The zero-order valence-corrected chi connectivity index (χ0v) is 10.2. The van der Waals surface area contributed by atoms with Gasteiger partial charge in [0.2, 0.25) is 10.0 Å². The maximum atomic E-state index is 11.8. The van der Waals surface area contributed by atoms with Gasteiger partial charge in [-0.15, -0.1) is 0 Å². The highest BCUT2D eigenvalue weighted by atomic mass is 32.2. The van der Waals surface area contributed by atoms with Crippen molar-refractivity contribution in [2.45, 2.75) is 18.2 Å². The van der Waals surface area contributed by atoms with Crippen molar-refractivity contribution >= 4 is 15.9 Å². The number of sulfonamides is 1. The van der Waals surface area contributed by atoms with Crippen LogP contribution in [-0.4, -0.2) is 26.0 Å². The first kappa shape index (κ1) is 13.5. The van der Waals surface area contributed by atoms with Gasteiger partial charge in [0.15, 0.2) is 0 Å². The van der Waals surface area contributed by atoms with Crippen molar-refractivity contribution in [1.82, 2.24) is 4.72 Å². The Labute approximate surface area is 100 Å². The molecular formula is C10H15N3O3S. The molecule has 0 aliphatic heterocycles. The predicted molar refractivity (Wildman–Crippen MR) is 64.4 cm³/mol. The molecule has 0 unspecified atom stereocenters. The van der Waals surface area contributed by atoms with E-state index in [9.17, 15) is 8.42 Å². The molecule has 0 radical (unpaired) electrons. The van der Waals surface area contributed by atoms with Gasteiger partial charge in [-0.1, -0.05) is 17.3 Å². The van der Waals surface area contributed by atoms with Gasteiger partial charge in [0.25, 0.3) is 0 Å². The van der Waals surface area contributed by atoms with Crippen LogP contribution in [0.4, 0.5) is 0 Å². The lowest BCUT2D eigenvalue weighted by Gasteiger charge is -2.06. The van der Waals surface area contributed by atoms with E-state index in [1.54, 1.807) is 12.1 Å². The molecule has 94 valence electrons. The van der Waals surface area contributed by atoms with Gasteiger partial charge in [-0.25, -0.2) is 13.1 Å². The first-order valence-electron chi connectivity index (χ1n) is 4.98. The van der Waals surface area contributed by atoms with Crippen LogP contribution in [-0.2, 0) is 10.0 Å². The molecular weight excluding hydrogens is 242 g/mol. The number of amidine groups is 1. The summed E-state index contributed by atoms with van der Waals surface area (Å²) >= 11 is 0. The maximum absolute atomic E-state index is 11.8. The largest absolute Gasteiger partial charge is 0.409 e. The van der Waals surface area contributed by atoms with Crippen molar-refractivity contribution in [1.29, 1.82) is 0 Å². The van der Waals surface area contributed by atoms with E-state index in [0.717, 1.165) is 5.56 Å². The fourth-order valence-electron chi connectivity index (χ4n) is 1.23. The zero-order chi connectivity index (χ0) is 12.9. The molecule has 0 saturated carbocycles. The Morgan fingerprint density at radius 1 is 1.53 bits per heavy atom. The summed E-state index contributed by atoms with van der Waals surface area (Å²) in [6.07, 6.45) is 0.154. The lowest BCUT2D eigenvalue weighted by Crippen LogP contribution is -2.28. The molecule has 0 aliphatic carbocycles. The van der Waals surface area contributed by atoms with Gasteiger partial charge >= 0.3 is 0 Å². The van der Waals surface area contributed by atoms with Crippen LogP contribution in [0.1, 0.15) is 12.0 Å². The summed E-state index contributed by atoms with van der Waals surface area (Å²) in [6, 6.07) is 6.58. The molecule has 0 bridgehead atoms. The Morgan fingerprint density at radius 3 is 2.82 bits per heavy atom. The summed E-state index contributed by atoms with van der Waals surface area (Å²) in [5.41, 5.74) is 6.10. The van der Waals surface area contributed by atoms with E-state index in [4.69, 9.17) is 10.9 Å². The van der Waals surface area contributed by atoms with Gasteiger partial charge in [-0.2, -0.15) is 0 Å². The molecule has 0 amide bonds. The standard InChI is InChI=1S/C10H15N3O3S/c1-8-3-2-4-9(7-8)17(15,16)12-6-5-10(11)13-14/h2-4,7,12,14H,5-6H2,1H3,(H2,11,13). The number of rotatable bonds is 5. The molecule has 0 aliphatic rings. The lowest BCUT2D eigenvalue weighted by molar-refractivity contribution is 0.317. The van der Waals surface area contributed by atoms with E-state index in [0.29, 0.717) is 0 Å². The average molecular weight is 257 g/mol. The van der Waals surface area contributed by atoms with E-state index in [1.165, 1.54) is 6.07 Å². The molecule has 1 aromatic carbocycles. The third-order valence-electron chi connectivity index (χ3n) is 2.10. The molecule has 0 saturated heterocycles. The second kappa shape index (κ2) is 5.65. The quantitative estimate of drug-likeness (QED) is 0.307. The molecule has 6 nitrogen and oxygen atoms in total. The van der Waals surface area contributed by atoms with Gasteiger partial charge in [0.05, 0.1) is 4.90 Å². The number of hydrogen-bond acceptors (Lipinski definition) is 4. The van der Waals surface area contributed by atoms with Gasteiger partial charge in [-0.3, -0.25) is 0 Å². The predicted octanol–water partition coefficient (Wildman–Crippen LogP) is 0.410. The van der Waals surface area contributed by atoms with Crippen molar-refractivity contribution < 1.29 is 13.6 Å². The third kappa shape index (κ3) is 4.04. The van der Waals surface area contributed by atoms with Crippen LogP contribution in [0.15, 0.2) is 34.3 Å². The highest BCUT2D eigenvalue weighted by molar-refractivity contribution is 7.89. The first-order valence-corrected chi connectivity index (χ1v) is 6.47. The summed E-state index contributed by atoms with van der Waals surface area (Å²) in [5, 5.41) is 11.1. The Kier molecular flexibility index (Phi) is 4.47. The molecule has 1 aromatic rings. The van der Waals surface area contributed by atoms with Gasteiger partial charge in [-0.05, 0) is 24.6 Å². The first-order chi connectivity index (χ1) is 7.95. The van der Waals surface area contributed by atoms with Gasteiger partial charge < -0.3 is 10.9 Å². The second-order valence-corrected chi connectivity index (χ2v) is 5.32. The molecule has 4 N–H and O–H groups in total. The Hall–Kier alpha value is -1.60. The number of nitrogens with zero attached hydrogens (tertiary/aromatic N) is 1. The van der Waals surface area contributed by atoms with Crippen molar-refractivity contribution in [2.75, 3.05) is 6.54 Å². The maximum Gasteiger partial charge on any atom is 0.240 e. The lowest BCUT2D eigenvalue weighted by atomic mass is 10.2. The van der Waals surface area contributed by atoms with Gasteiger partial charge in [0, 0.05) is 13.0 Å². The number of aryl methyl sites for hydroxylation is 1. The summed E-state index contributed by atoms with van der Waals surface area (Å²) in [5.74, 6) is -0.0167. The molecule has 0 fully saturated rings. The monoisotopic (exact) mass is 257 g/mol. The van der Waals surface area contributed by atoms with Crippen molar-refractivity contribution in [2.24, 2.45) is 10.9 Å². The van der Waals surface area contributed by atoms with Crippen molar-refractivity contribution in [3.8, 4) is 0 Å². The van der Waals surface area contributed by atoms with E-state index < -0.39 is 10.0 Å². The molecule has 0 aromatic heterocycles. The highest BCUT2D eigenvalue weighted by Crippen LogP contribution is 2.10. The number of hydrogen-bond donors (Lipinski definition) is 3. The van der Waals surface area contributed by atoms with Gasteiger partial charge in [0.1, 0.15) is 5.84 Å². The Bertz CT molecular complexity index is 511. The zero-order valence-electron chi connectivity index (χ0n) is 9.42. The molecule has 0 atom stereocenters. The molecule has 17 heavy (non-hydrogen) atoms. The number of benzene rings is 1. The third-order valence-corrected chi connectivity index (χ3v) is 3.56. The fourth-order valence-corrected chi connectivity index (χ4v) is 2.37. The SMILES string of the molecule is Cc1cccc(S(=O)(=O)NCCC(N)=NO)c1. The van der Waals surface area contributed by atoms with Crippen LogP contribution in [0.3, 0.4) is 0 Å². The normalized spacial score (nSPS) is 12.6. The van der Waals surface area contributed by atoms with Crippen molar-refractivity contribution in [3.63, 3.8) is 0 Å². The van der Waals surface area contributed by atoms with Crippen LogP contribution < -0.4 is 10.5 Å². The Balaban J connectivity index is 2.70. The molecule has 1 rings (SSSR count). The minimum Gasteiger partial charge on any atom is -0.409 e. The second-order valence-electron chi connectivity index (χ2n) is 3.56.